The molecule has 5 nitrogen and oxygen atoms in total. The van der Waals surface area contributed by atoms with Crippen molar-refractivity contribution >= 4 is 5.91 Å². The van der Waals surface area contributed by atoms with E-state index in [1.165, 1.54) is 24.0 Å². The Labute approximate surface area is 176 Å². The molecule has 0 saturated carbocycles. The molecule has 0 bridgehead atoms. The Bertz CT molecular complexity index is 904. The molecule has 1 N–H and O–H groups in total. The van der Waals surface area contributed by atoms with Crippen LogP contribution < -0.4 is 5.32 Å². The fraction of sp³-hybridized carbons (Fsp3) is 0.333. The number of aryl methyl sites for hydroxylation is 1. The second kappa shape index (κ2) is 10.2. The average Bonchev–Trinajstić information content (AvgIpc) is 3.20. The van der Waals surface area contributed by atoms with Gasteiger partial charge in [0.1, 0.15) is 12.1 Å². The summed E-state index contributed by atoms with van der Waals surface area (Å²) < 4.78 is 18.8. The third-order valence-electron chi connectivity index (χ3n) is 4.98. The molecule has 158 valence electrons. The lowest BCUT2D eigenvalue weighted by Gasteiger charge is -2.21. The van der Waals surface area contributed by atoms with Crippen molar-refractivity contribution in [3.8, 4) is 0 Å². The molecular weight excluding hydrogens is 381 g/mol. The molecule has 1 unspecified atom stereocenters. The third kappa shape index (κ3) is 6.26. The number of aromatic nitrogens is 1. The predicted octanol–water partition coefficient (Wildman–Crippen LogP) is 4.85. The Morgan fingerprint density at radius 3 is 2.27 bits per heavy atom. The lowest BCUT2D eigenvalue weighted by molar-refractivity contribution is 0.0934. The second-order valence-corrected chi connectivity index (χ2v) is 7.67. The molecule has 0 fully saturated rings. The van der Waals surface area contributed by atoms with E-state index in [0.29, 0.717) is 25.5 Å². The summed E-state index contributed by atoms with van der Waals surface area (Å²) in [5.41, 5.74) is 3.63. The number of rotatable bonds is 9. The number of hydrogen-bond acceptors (Lipinski definition) is 4. The van der Waals surface area contributed by atoms with E-state index in [2.05, 4.69) is 46.4 Å². The van der Waals surface area contributed by atoms with Crippen molar-refractivity contribution in [3.05, 3.63) is 88.9 Å². The Hall–Kier alpha value is -2.99. The number of benzene rings is 2. The smallest absolute Gasteiger partial charge is 0.273 e. The fourth-order valence-electron chi connectivity index (χ4n) is 3.05. The molecule has 0 radical (unpaired) electrons. The van der Waals surface area contributed by atoms with Gasteiger partial charge < -0.3 is 9.73 Å². The van der Waals surface area contributed by atoms with Crippen LogP contribution in [-0.4, -0.2) is 21.8 Å². The van der Waals surface area contributed by atoms with Crippen LogP contribution in [0.3, 0.4) is 0 Å². The molecule has 1 amide bonds. The molecule has 0 spiro atoms. The van der Waals surface area contributed by atoms with Crippen molar-refractivity contribution in [2.75, 3.05) is 0 Å². The number of amides is 1. The van der Waals surface area contributed by atoms with E-state index in [-0.39, 0.29) is 23.5 Å². The second-order valence-electron chi connectivity index (χ2n) is 7.67. The molecule has 1 atom stereocenters. The summed E-state index contributed by atoms with van der Waals surface area (Å²) in [6.45, 7) is 7.72. The maximum Gasteiger partial charge on any atom is 0.273 e. The topological polar surface area (TPSA) is 58.4 Å². The molecule has 2 aromatic carbocycles. The molecule has 0 aliphatic heterocycles. The van der Waals surface area contributed by atoms with Gasteiger partial charge >= 0.3 is 0 Å². The highest BCUT2D eigenvalue weighted by Gasteiger charge is 2.17. The minimum absolute atomic E-state index is 0.0779. The minimum Gasteiger partial charge on any atom is -0.447 e. The predicted molar refractivity (Wildman–Crippen MR) is 114 cm³/mol. The Morgan fingerprint density at radius 1 is 1.07 bits per heavy atom. The van der Waals surface area contributed by atoms with Gasteiger partial charge in [0.15, 0.2) is 5.69 Å². The van der Waals surface area contributed by atoms with E-state index in [4.69, 9.17) is 4.42 Å². The van der Waals surface area contributed by atoms with Gasteiger partial charge in [-0.15, -0.1) is 0 Å². The SMILES string of the molecule is CCC(C)NC(=O)c1coc(CN(Cc2ccc(C)cc2)Cc2ccc(F)cc2)n1. The molecule has 3 aromatic rings. The standard InChI is InChI=1S/C24H28FN3O2/c1-4-18(3)26-24(29)22-16-30-23(27-22)15-28(13-19-7-5-17(2)6-8-19)14-20-9-11-21(25)12-10-20/h5-12,16,18H,4,13-15H2,1-3H3,(H,26,29). The number of carbonyl (C=O) groups is 1. The van der Waals surface area contributed by atoms with Gasteiger partial charge in [-0.1, -0.05) is 48.9 Å². The van der Waals surface area contributed by atoms with Crippen LogP contribution in [0.5, 0.6) is 0 Å². The van der Waals surface area contributed by atoms with E-state index in [9.17, 15) is 9.18 Å². The summed E-state index contributed by atoms with van der Waals surface area (Å²) in [6.07, 6.45) is 2.24. The minimum atomic E-state index is -0.256. The van der Waals surface area contributed by atoms with Crippen LogP contribution >= 0.6 is 0 Å². The molecule has 30 heavy (non-hydrogen) atoms. The third-order valence-corrected chi connectivity index (χ3v) is 4.98. The molecule has 1 heterocycles. The van der Waals surface area contributed by atoms with Gasteiger partial charge in [0.05, 0.1) is 6.54 Å². The van der Waals surface area contributed by atoms with Crippen LogP contribution in [0.1, 0.15) is 53.3 Å². The zero-order valence-electron chi connectivity index (χ0n) is 17.7. The van der Waals surface area contributed by atoms with Crippen LogP contribution in [-0.2, 0) is 19.6 Å². The quantitative estimate of drug-likeness (QED) is 0.549. The maximum absolute atomic E-state index is 13.3. The zero-order chi connectivity index (χ0) is 21.5. The first-order chi connectivity index (χ1) is 14.4. The first kappa shape index (κ1) is 21.7. The molecule has 0 aliphatic carbocycles. The molecule has 6 heteroatoms. The van der Waals surface area contributed by atoms with E-state index >= 15 is 0 Å². The largest absolute Gasteiger partial charge is 0.447 e. The summed E-state index contributed by atoms with van der Waals surface area (Å²) in [5, 5.41) is 2.89. The molecule has 3 rings (SSSR count). The van der Waals surface area contributed by atoms with Gasteiger partial charge in [0.25, 0.3) is 5.91 Å². The van der Waals surface area contributed by atoms with Crippen molar-refractivity contribution in [3.63, 3.8) is 0 Å². The van der Waals surface area contributed by atoms with Crippen molar-refractivity contribution < 1.29 is 13.6 Å². The number of carbonyl (C=O) groups excluding carboxylic acids is 1. The summed E-state index contributed by atoms with van der Waals surface area (Å²) in [7, 11) is 0. The number of nitrogens with one attached hydrogen (secondary N) is 1. The average molecular weight is 410 g/mol. The van der Waals surface area contributed by atoms with Crippen LogP contribution in [0.4, 0.5) is 4.39 Å². The van der Waals surface area contributed by atoms with Crippen LogP contribution in [0.15, 0.2) is 59.2 Å². The summed E-state index contributed by atoms with van der Waals surface area (Å²) >= 11 is 0. The van der Waals surface area contributed by atoms with Gasteiger partial charge in [-0.25, -0.2) is 9.37 Å². The van der Waals surface area contributed by atoms with E-state index in [0.717, 1.165) is 17.5 Å². The van der Waals surface area contributed by atoms with Crippen molar-refractivity contribution in [1.29, 1.82) is 0 Å². The summed E-state index contributed by atoms with van der Waals surface area (Å²) in [5.74, 6) is -0.0185. The highest BCUT2D eigenvalue weighted by Crippen LogP contribution is 2.15. The van der Waals surface area contributed by atoms with Crippen LogP contribution in [0.25, 0.3) is 0 Å². The lowest BCUT2D eigenvalue weighted by Crippen LogP contribution is -2.32. The maximum atomic E-state index is 13.3. The molecule has 0 saturated heterocycles. The number of hydrogen-bond donors (Lipinski definition) is 1. The highest BCUT2D eigenvalue weighted by molar-refractivity contribution is 5.92. The van der Waals surface area contributed by atoms with Gasteiger partial charge in [0, 0.05) is 19.1 Å². The van der Waals surface area contributed by atoms with Gasteiger partial charge in [0.2, 0.25) is 5.89 Å². The van der Waals surface area contributed by atoms with Crippen molar-refractivity contribution in [2.45, 2.75) is 52.9 Å². The van der Waals surface area contributed by atoms with Gasteiger partial charge in [-0.2, -0.15) is 0 Å². The van der Waals surface area contributed by atoms with Gasteiger partial charge in [-0.05, 0) is 43.5 Å². The molecular formula is C24H28FN3O2. The summed E-state index contributed by atoms with van der Waals surface area (Å²) in [6, 6.07) is 14.9. The molecule has 0 aliphatic rings. The fourth-order valence-corrected chi connectivity index (χ4v) is 3.05. The van der Waals surface area contributed by atoms with Crippen molar-refractivity contribution in [2.24, 2.45) is 0 Å². The zero-order valence-corrected chi connectivity index (χ0v) is 17.7. The first-order valence-electron chi connectivity index (χ1n) is 10.2. The number of halogens is 1. The van der Waals surface area contributed by atoms with Crippen LogP contribution in [0.2, 0.25) is 0 Å². The highest BCUT2D eigenvalue weighted by atomic mass is 19.1. The molecule has 1 aromatic heterocycles. The Kier molecular flexibility index (Phi) is 7.36. The number of nitrogens with zero attached hydrogens (tertiary/aromatic N) is 2. The Morgan fingerprint density at radius 2 is 1.67 bits per heavy atom. The number of oxazole rings is 1. The van der Waals surface area contributed by atoms with E-state index in [1.807, 2.05) is 13.8 Å². The van der Waals surface area contributed by atoms with E-state index in [1.54, 1.807) is 12.1 Å². The van der Waals surface area contributed by atoms with Gasteiger partial charge in [-0.3, -0.25) is 9.69 Å². The summed E-state index contributed by atoms with van der Waals surface area (Å²) in [4.78, 5) is 18.8. The van der Waals surface area contributed by atoms with E-state index < -0.39 is 0 Å². The van der Waals surface area contributed by atoms with Crippen LogP contribution in [0, 0.1) is 12.7 Å². The Balaban J connectivity index is 1.73. The van der Waals surface area contributed by atoms with Crippen molar-refractivity contribution in [1.82, 2.24) is 15.2 Å². The lowest BCUT2D eigenvalue weighted by atomic mass is 10.1. The normalized spacial score (nSPS) is 12.2. The monoisotopic (exact) mass is 409 g/mol. The first-order valence-corrected chi connectivity index (χ1v) is 10.2.